The topological polar surface area (TPSA) is 47.0 Å². The Balaban J connectivity index is 2.20. The Morgan fingerprint density at radius 1 is 1.32 bits per heavy atom. The molecule has 0 amide bonds. The zero-order valence-corrected chi connectivity index (χ0v) is 12.7. The number of hydrogen-bond acceptors (Lipinski definition) is 4. The molecule has 4 nitrogen and oxygen atoms in total. The lowest BCUT2D eigenvalue weighted by Crippen LogP contribution is -2.03. The van der Waals surface area contributed by atoms with Crippen molar-refractivity contribution in [1.29, 1.82) is 0 Å². The van der Waals surface area contributed by atoms with Crippen LogP contribution in [0.5, 0.6) is 0 Å². The highest BCUT2D eigenvalue weighted by Crippen LogP contribution is 2.25. The maximum Gasteiger partial charge on any atom is 0.158 e. The van der Waals surface area contributed by atoms with E-state index in [0.717, 1.165) is 10.2 Å². The Hall–Kier alpha value is -1.17. The summed E-state index contributed by atoms with van der Waals surface area (Å²) in [5.41, 5.74) is 0.916. The van der Waals surface area contributed by atoms with Gasteiger partial charge in [-0.2, -0.15) is 0 Å². The average molecular weight is 343 g/mol. The second-order valence-corrected chi connectivity index (χ2v) is 4.98. The van der Waals surface area contributed by atoms with Crippen LogP contribution < -0.4 is 5.32 Å². The molecule has 2 rings (SSSR count). The predicted molar refractivity (Wildman–Crippen MR) is 79.8 cm³/mol. The van der Waals surface area contributed by atoms with Crippen LogP contribution in [0.4, 0.5) is 11.5 Å². The smallest absolute Gasteiger partial charge is 0.158 e. The van der Waals surface area contributed by atoms with Crippen molar-refractivity contribution in [2.75, 3.05) is 11.9 Å². The first kappa shape index (κ1) is 14.2. The van der Waals surface area contributed by atoms with Gasteiger partial charge in [-0.25, -0.2) is 9.97 Å². The van der Waals surface area contributed by atoms with Crippen molar-refractivity contribution in [1.82, 2.24) is 9.97 Å². The van der Waals surface area contributed by atoms with Crippen LogP contribution in [-0.4, -0.2) is 16.6 Å². The van der Waals surface area contributed by atoms with Crippen molar-refractivity contribution >= 4 is 39.0 Å². The Bertz CT molecular complexity index is 565. The largest absolute Gasteiger partial charge is 0.374 e. The van der Waals surface area contributed by atoms with E-state index in [0.29, 0.717) is 30.0 Å². The predicted octanol–water partition coefficient (Wildman–Crippen LogP) is 4.17. The zero-order chi connectivity index (χ0) is 13.7. The molecule has 1 aromatic heterocycles. The number of para-hydroxylation sites is 1. The van der Waals surface area contributed by atoms with E-state index in [4.69, 9.17) is 16.3 Å². The number of ether oxygens (including phenoxy) is 1. The Labute approximate surface area is 125 Å². The van der Waals surface area contributed by atoms with Crippen LogP contribution >= 0.6 is 27.5 Å². The molecule has 0 spiro atoms. The van der Waals surface area contributed by atoms with E-state index < -0.39 is 0 Å². The second kappa shape index (κ2) is 6.84. The first-order valence-corrected chi connectivity index (χ1v) is 6.99. The molecule has 0 aliphatic rings. The average Bonchev–Trinajstić information content (AvgIpc) is 2.38. The summed E-state index contributed by atoms with van der Waals surface area (Å²) in [4.78, 5) is 8.47. The van der Waals surface area contributed by atoms with Crippen LogP contribution in [0, 0.1) is 0 Å². The quantitative estimate of drug-likeness (QED) is 0.828. The highest BCUT2D eigenvalue weighted by atomic mass is 79.9. The molecule has 0 atom stereocenters. The standard InChI is InChI=1S/C13H13BrClN3O/c1-2-19-8-13-17-11(15)7-12(18-13)16-10-6-4-3-5-9(10)14/h3-7H,2,8H2,1H3,(H,16,17,18). The molecule has 0 unspecified atom stereocenters. The van der Waals surface area contributed by atoms with Gasteiger partial charge < -0.3 is 10.1 Å². The number of benzene rings is 1. The molecule has 1 heterocycles. The minimum absolute atomic E-state index is 0.349. The highest BCUT2D eigenvalue weighted by Gasteiger charge is 2.05. The van der Waals surface area contributed by atoms with E-state index in [9.17, 15) is 0 Å². The summed E-state index contributed by atoms with van der Waals surface area (Å²) in [6.07, 6.45) is 0. The van der Waals surface area contributed by atoms with Gasteiger partial charge in [-0.1, -0.05) is 23.7 Å². The Morgan fingerprint density at radius 3 is 2.84 bits per heavy atom. The molecule has 6 heteroatoms. The first-order valence-electron chi connectivity index (χ1n) is 5.82. The van der Waals surface area contributed by atoms with E-state index in [2.05, 4.69) is 31.2 Å². The van der Waals surface area contributed by atoms with Gasteiger partial charge in [0.2, 0.25) is 0 Å². The van der Waals surface area contributed by atoms with Crippen LogP contribution in [0.15, 0.2) is 34.8 Å². The lowest BCUT2D eigenvalue weighted by molar-refractivity contribution is 0.128. The molecule has 0 bridgehead atoms. The van der Waals surface area contributed by atoms with Crippen molar-refractivity contribution in [2.24, 2.45) is 0 Å². The van der Waals surface area contributed by atoms with Gasteiger partial charge in [0.15, 0.2) is 5.82 Å². The van der Waals surface area contributed by atoms with Crippen molar-refractivity contribution in [2.45, 2.75) is 13.5 Å². The molecule has 0 fully saturated rings. The summed E-state index contributed by atoms with van der Waals surface area (Å²) in [5, 5.41) is 3.58. The molecular formula is C13H13BrClN3O. The van der Waals surface area contributed by atoms with Gasteiger partial charge in [-0.05, 0) is 35.0 Å². The lowest BCUT2D eigenvalue weighted by atomic mass is 10.3. The lowest BCUT2D eigenvalue weighted by Gasteiger charge is -2.09. The summed E-state index contributed by atoms with van der Waals surface area (Å²) in [6.45, 7) is 2.88. The van der Waals surface area contributed by atoms with Crippen LogP contribution in [0.25, 0.3) is 0 Å². The molecule has 0 radical (unpaired) electrons. The van der Waals surface area contributed by atoms with E-state index in [1.807, 2.05) is 31.2 Å². The van der Waals surface area contributed by atoms with Crippen LogP contribution in [-0.2, 0) is 11.3 Å². The van der Waals surface area contributed by atoms with Crippen molar-refractivity contribution in [3.63, 3.8) is 0 Å². The molecule has 0 saturated heterocycles. The van der Waals surface area contributed by atoms with Gasteiger partial charge in [0.25, 0.3) is 0 Å². The minimum atomic E-state index is 0.349. The molecule has 0 aliphatic carbocycles. The van der Waals surface area contributed by atoms with Crippen molar-refractivity contribution in [3.8, 4) is 0 Å². The summed E-state index contributed by atoms with van der Waals surface area (Å²) < 4.78 is 6.24. The molecule has 100 valence electrons. The minimum Gasteiger partial charge on any atom is -0.374 e. The summed E-state index contributed by atoms with van der Waals surface area (Å²) in [5.74, 6) is 1.20. The van der Waals surface area contributed by atoms with E-state index in [1.54, 1.807) is 6.07 Å². The molecule has 0 saturated carbocycles. The SMILES string of the molecule is CCOCc1nc(Cl)cc(Nc2ccccc2Br)n1. The summed E-state index contributed by atoms with van der Waals surface area (Å²) >= 11 is 9.45. The van der Waals surface area contributed by atoms with Gasteiger partial charge in [-0.3, -0.25) is 0 Å². The molecule has 1 aromatic carbocycles. The number of aromatic nitrogens is 2. The number of hydrogen-bond donors (Lipinski definition) is 1. The first-order chi connectivity index (χ1) is 9.19. The molecule has 1 N–H and O–H groups in total. The van der Waals surface area contributed by atoms with Gasteiger partial charge >= 0.3 is 0 Å². The van der Waals surface area contributed by atoms with Crippen molar-refractivity contribution in [3.05, 3.63) is 45.8 Å². The molecule has 19 heavy (non-hydrogen) atoms. The monoisotopic (exact) mass is 341 g/mol. The van der Waals surface area contributed by atoms with Gasteiger partial charge in [0.05, 0.1) is 5.69 Å². The highest BCUT2D eigenvalue weighted by molar-refractivity contribution is 9.10. The Morgan fingerprint density at radius 2 is 2.11 bits per heavy atom. The van der Waals surface area contributed by atoms with Gasteiger partial charge in [0.1, 0.15) is 17.6 Å². The fourth-order valence-electron chi connectivity index (χ4n) is 1.49. The van der Waals surface area contributed by atoms with Crippen LogP contribution in [0.1, 0.15) is 12.7 Å². The second-order valence-electron chi connectivity index (χ2n) is 3.73. The number of rotatable bonds is 5. The maximum absolute atomic E-state index is 5.98. The third-order valence-corrected chi connectivity index (χ3v) is 3.20. The Kier molecular flexibility index (Phi) is 5.13. The fourth-order valence-corrected chi connectivity index (χ4v) is 2.07. The maximum atomic E-state index is 5.98. The van der Waals surface area contributed by atoms with Gasteiger partial charge in [-0.15, -0.1) is 0 Å². The van der Waals surface area contributed by atoms with E-state index in [1.165, 1.54) is 0 Å². The molecule has 2 aromatic rings. The van der Waals surface area contributed by atoms with Crippen LogP contribution in [0.2, 0.25) is 5.15 Å². The third kappa shape index (κ3) is 4.16. The molecule has 0 aliphatic heterocycles. The number of nitrogens with zero attached hydrogens (tertiary/aromatic N) is 2. The third-order valence-electron chi connectivity index (χ3n) is 2.31. The van der Waals surface area contributed by atoms with Crippen LogP contribution in [0.3, 0.4) is 0 Å². The fraction of sp³-hybridized carbons (Fsp3) is 0.231. The van der Waals surface area contributed by atoms with Crippen molar-refractivity contribution < 1.29 is 4.74 Å². The van der Waals surface area contributed by atoms with E-state index in [-0.39, 0.29) is 0 Å². The number of anilines is 2. The van der Waals surface area contributed by atoms with E-state index >= 15 is 0 Å². The number of nitrogens with one attached hydrogen (secondary N) is 1. The zero-order valence-electron chi connectivity index (χ0n) is 10.4. The number of halogens is 2. The normalized spacial score (nSPS) is 10.5. The van der Waals surface area contributed by atoms with Gasteiger partial charge in [0, 0.05) is 17.1 Å². The summed E-state index contributed by atoms with van der Waals surface area (Å²) in [7, 11) is 0. The summed E-state index contributed by atoms with van der Waals surface area (Å²) in [6, 6.07) is 9.46. The molecular weight excluding hydrogens is 330 g/mol.